The Kier molecular flexibility index (Phi) is 4.52. The largest absolute Gasteiger partial charge is 0.445 e. The Bertz CT molecular complexity index is 630. The van der Waals surface area contributed by atoms with Crippen molar-refractivity contribution in [2.24, 2.45) is 5.92 Å². The Morgan fingerprint density at radius 2 is 1.78 bits per heavy atom. The number of allylic oxidation sites excluding steroid dienone is 1. The maximum Gasteiger partial charge on any atom is 0.445 e. The molecule has 1 atom stereocenters. The lowest BCUT2D eigenvalue weighted by atomic mass is 9.88. The van der Waals surface area contributed by atoms with E-state index in [-0.39, 0.29) is 11.8 Å². The lowest BCUT2D eigenvalue weighted by Crippen LogP contribution is -2.21. The lowest BCUT2D eigenvalue weighted by molar-refractivity contribution is -0.0361. The standard InChI is InChI=1S/C18H22ClF3S/c1-12(2)14-8-9-15-11-16(13-6-4-3-5-7-13)23(19,17(15)10-14)18(20,21)22/h8-13H,3-7H2,1-2H3. The topological polar surface area (TPSA) is 0 Å². The van der Waals surface area contributed by atoms with Gasteiger partial charge in [0.15, 0.2) is 0 Å². The second-order valence-electron chi connectivity index (χ2n) is 6.82. The van der Waals surface area contributed by atoms with Crippen molar-refractivity contribution >= 4 is 26.0 Å². The highest BCUT2D eigenvalue weighted by Crippen LogP contribution is 2.81. The van der Waals surface area contributed by atoms with Crippen molar-refractivity contribution in [2.45, 2.75) is 62.3 Å². The minimum atomic E-state index is -4.40. The highest BCUT2D eigenvalue weighted by molar-refractivity contribution is 8.54. The van der Waals surface area contributed by atoms with E-state index in [0.717, 1.165) is 37.7 Å². The van der Waals surface area contributed by atoms with Crippen LogP contribution >= 0.6 is 19.9 Å². The number of fused-ring (bicyclic) bond motifs is 1. The molecule has 0 saturated heterocycles. The van der Waals surface area contributed by atoms with Crippen molar-refractivity contribution in [2.75, 3.05) is 0 Å². The van der Waals surface area contributed by atoms with Gasteiger partial charge in [-0.15, -0.1) is 0 Å². The van der Waals surface area contributed by atoms with Gasteiger partial charge >= 0.3 is 5.51 Å². The molecule has 128 valence electrons. The lowest BCUT2D eigenvalue weighted by Gasteiger charge is -2.39. The number of alkyl halides is 3. The molecule has 0 bridgehead atoms. The van der Waals surface area contributed by atoms with E-state index in [1.807, 2.05) is 26.0 Å². The van der Waals surface area contributed by atoms with Crippen LogP contribution in [-0.2, 0) is 0 Å². The second-order valence-corrected chi connectivity index (χ2v) is 10.7. The molecule has 1 aliphatic carbocycles. The molecule has 0 amide bonds. The normalized spacial score (nSPS) is 28.4. The van der Waals surface area contributed by atoms with Gasteiger partial charge in [0.25, 0.3) is 0 Å². The molecule has 1 aromatic carbocycles. The first kappa shape index (κ1) is 17.2. The van der Waals surface area contributed by atoms with E-state index in [4.69, 9.17) is 10.7 Å². The van der Waals surface area contributed by atoms with Crippen molar-refractivity contribution in [1.29, 1.82) is 0 Å². The Morgan fingerprint density at radius 1 is 1.13 bits per heavy atom. The zero-order valence-corrected chi connectivity index (χ0v) is 15.0. The van der Waals surface area contributed by atoms with Crippen molar-refractivity contribution < 1.29 is 13.2 Å². The van der Waals surface area contributed by atoms with Crippen molar-refractivity contribution in [3.8, 4) is 0 Å². The molecule has 1 aliphatic heterocycles. The van der Waals surface area contributed by atoms with E-state index >= 15 is 0 Å². The number of benzene rings is 1. The summed E-state index contributed by atoms with van der Waals surface area (Å²) in [6, 6.07) is 5.44. The zero-order valence-electron chi connectivity index (χ0n) is 13.4. The zero-order chi connectivity index (χ0) is 16.8. The summed E-state index contributed by atoms with van der Waals surface area (Å²) in [5.74, 6) is 0.167. The molecule has 1 aromatic rings. The Balaban J connectivity index is 2.11. The van der Waals surface area contributed by atoms with Crippen molar-refractivity contribution in [1.82, 2.24) is 0 Å². The maximum absolute atomic E-state index is 14.0. The molecular weight excluding hydrogens is 341 g/mol. The first-order chi connectivity index (χ1) is 10.7. The summed E-state index contributed by atoms with van der Waals surface area (Å²) in [5, 5.41) is 0. The molecule has 0 nitrogen and oxygen atoms in total. The van der Waals surface area contributed by atoms with Crippen LogP contribution in [0.2, 0.25) is 0 Å². The van der Waals surface area contributed by atoms with E-state index in [1.165, 1.54) is 0 Å². The van der Waals surface area contributed by atoms with E-state index in [9.17, 15) is 13.2 Å². The molecule has 1 heterocycles. The van der Waals surface area contributed by atoms with Crippen molar-refractivity contribution in [3.05, 3.63) is 34.2 Å². The van der Waals surface area contributed by atoms with Crippen LogP contribution in [0, 0.1) is 5.92 Å². The van der Waals surface area contributed by atoms with E-state index in [1.54, 1.807) is 12.1 Å². The van der Waals surface area contributed by atoms with Crippen molar-refractivity contribution in [3.63, 3.8) is 0 Å². The molecule has 5 heteroatoms. The molecule has 1 saturated carbocycles. The molecule has 1 unspecified atom stereocenters. The van der Waals surface area contributed by atoms with Crippen LogP contribution in [-0.4, -0.2) is 5.51 Å². The minimum Gasteiger partial charge on any atom is -0.160 e. The first-order valence-corrected chi connectivity index (χ1v) is 10.7. The average molecular weight is 363 g/mol. The number of rotatable bonds is 2. The summed E-state index contributed by atoms with van der Waals surface area (Å²) in [6.07, 6.45) is 6.51. The SMILES string of the molecule is CC(C)c1ccc2c(c1)S(Cl)(C(F)(F)F)C(C1CCCCC1)=C2. The Hall–Kier alpha value is -0.610. The minimum absolute atomic E-state index is 0.0206. The van der Waals surface area contributed by atoms with Gasteiger partial charge in [0.2, 0.25) is 0 Å². The number of halogens is 4. The summed E-state index contributed by atoms with van der Waals surface area (Å²) in [7, 11) is 3.00. The molecule has 0 radical (unpaired) electrons. The summed E-state index contributed by atoms with van der Waals surface area (Å²) < 4.78 is 42.1. The average Bonchev–Trinajstić information content (AvgIpc) is 2.82. The van der Waals surface area contributed by atoms with Gasteiger partial charge in [0, 0.05) is 4.90 Å². The number of hydrogen-bond acceptors (Lipinski definition) is 0. The monoisotopic (exact) mass is 362 g/mol. The molecular formula is C18H22ClF3S. The van der Waals surface area contributed by atoms with Gasteiger partial charge in [0.05, 0.1) is 0 Å². The maximum atomic E-state index is 14.0. The first-order valence-electron chi connectivity index (χ1n) is 8.20. The third kappa shape index (κ3) is 2.82. The third-order valence-corrected chi connectivity index (χ3v) is 9.21. The van der Waals surface area contributed by atoms with Crippen LogP contribution in [0.4, 0.5) is 13.2 Å². The Labute approximate surface area is 141 Å². The highest BCUT2D eigenvalue weighted by atomic mass is 35.7. The summed E-state index contributed by atoms with van der Waals surface area (Å²) >= 11 is 0. The molecule has 1 fully saturated rings. The predicted octanol–water partition coefficient (Wildman–Crippen LogP) is 7.58. The fraction of sp³-hybridized carbons (Fsp3) is 0.556. The van der Waals surface area contributed by atoms with Gasteiger partial charge in [-0.2, -0.15) is 13.2 Å². The smallest absolute Gasteiger partial charge is 0.160 e. The molecule has 2 aliphatic rings. The summed E-state index contributed by atoms with van der Waals surface area (Å²) in [5.41, 5.74) is -2.82. The second kappa shape index (κ2) is 6.03. The van der Waals surface area contributed by atoms with Gasteiger partial charge in [-0.05, 0) is 72.8 Å². The van der Waals surface area contributed by atoms with Crippen LogP contribution in [0.1, 0.15) is 63.0 Å². The summed E-state index contributed by atoms with van der Waals surface area (Å²) in [4.78, 5) is 0.751. The van der Waals surface area contributed by atoms with Crippen LogP contribution in [0.25, 0.3) is 6.08 Å². The van der Waals surface area contributed by atoms with Gasteiger partial charge in [-0.25, -0.2) is 0 Å². The fourth-order valence-electron chi connectivity index (χ4n) is 3.63. The van der Waals surface area contributed by atoms with Gasteiger partial charge < -0.3 is 0 Å². The third-order valence-electron chi connectivity index (χ3n) is 4.96. The molecule has 3 rings (SSSR count). The van der Waals surface area contributed by atoms with E-state index in [0.29, 0.717) is 15.4 Å². The van der Waals surface area contributed by atoms with E-state index < -0.39 is 14.7 Å². The van der Waals surface area contributed by atoms with Gasteiger partial charge in [-0.3, -0.25) is 0 Å². The van der Waals surface area contributed by atoms with Crippen LogP contribution in [0.3, 0.4) is 0 Å². The number of hydrogen-bond donors (Lipinski definition) is 0. The molecule has 23 heavy (non-hydrogen) atoms. The van der Waals surface area contributed by atoms with Gasteiger partial charge in [0.1, 0.15) is 0 Å². The Morgan fingerprint density at radius 3 is 2.35 bits per heavy atom. The van der Waals surface area contributed by atoms with E-state index in [2.05, 4.69) is 0 Å². The van der Waals surface area contributed by atoms with Gasteiger partial charge in [-0.1, -0.05) is 45.2 Å². The fourth-order valence-corrected chi connectivity index (χ4v) is 7.04. The molecule has 0 spiro atoms. The van der Waals surface area contributed by atoms with Crippen LogP contribution < -0.4 is 0 Å². The quantitative estimate of drug-likeness (QED) is 0.508. The van der Waals surface area contributed by atoms with Crippen LogP contribution in [0.15, 0.2) is 28.0 Å². The van der Waals surface area contributed by atoms with Crippen LogP contribution in [0.5, 0.6) is 0 Å². The predicted molar refractivity (Wildman–Crippen MR) is 92.8 cm³/mol. The molecule has 0 aromatic heterocycles. The molecule has 0 N–H and O–H groups in total. The highest BCUT2D eigenvalue weighted by Gasteiger charge is 2.57. The summed E-state index contributed by atoms with van der Waals surface area (Å²) in [6.45, 7) is 3.98.